The molecule has 13 heavy (non-hydrogen) atoms. The van der Waals surface area contributed by atoms with Crippen molar-refractivity contribution in [1.82, 2.24) is 0 Å². The van der Waals surface area contributed by atoms with E-state index in [1.54, 1.807) is 0 Å². The van der Waals surface area contributed by atoms with Crippen LogP contribution >= 0.6 is 0 Å². The molecule has 3 N–H and O–H groups in total. The summed E-state index contributed by atoms with van der Waals surface area (Å²) in [4.78, 5) is 10.3. The molecule has 5 heteroatoms. The van der Waals surface area contributed by atoms with Crippen LogP contribution in [-0.2, 0) is 9.53 Å². The van der Waals surface area contributed by atoms with Gasteiger partial charge in [-0.05, 0) is 0 Å². The van der Waals surface area contributed by atoms with Gasteiger partial charge in [-0.2, -0.15) is 0 Å². The Bertz CT molecular complexity index is 185. The van der Waals surface area contributed by atoms with Gasteiger partial charge in [-0.15, -0.1) is 6.42 Å². The second-order valence-corrected chi connectivity index (χ2v) is 2.36. The summed E-state index contributed by atoms with van der Waals surface area (Å²) in [6.45, 7) is -0.788. The number of carbonyl (C=O) groups is 1. The molecule has 0 fully saturated rings. The summed E-state index contributed by atoms with van der Waals surface area (Å²) >= 11 is 0. The minimum absolute atomic E-state index is 0.140. The Labute approximate surface area is 76.0 Å². The van der Waals surface area contributed by atoms with E-state index in [-0.39, 0.29) is 6.61 Å². The van der Waals surface area contributed by atoms with Gasteiger partial charge in [-0.3, -0.25) is 0 Å². The first-order valence-corrected chi connectivity index (χ1v) is 3.64. The minimum atomic E-state index is -1.46. The summed E-state index contributed by atoms with van der Waals surface area (Å²) in [5.74, 6) is 2.11. The van der Waals surface area contributed by atoms with Crippen molar-refractivity contribution in [3.05, 3.63) is 0 Å². The lowest BCUT2D eigenvalue weighted by Crippen LogP contribution is -2.42. The molecule has 3 atom stereocenters. The van der Waals surface area contributed by atoms with Gasteiger partial charge in [0.15, 0.2) is 6.29 Å². The molecule has 0 rings (SSSR count). The second kappa shape index (κ2) is 6.57. The van der Waals surface area contributed by atoms with Crippen LogP contribution in [0.4, 0.5) is 0 Å². The molecule has 0 aromatic heterocycles. The van der Waals surface area contributed by atoms with Crippen LogP contribution in [0, 0.1) is 12.3 Å². The Morgan fingerprint density at radius 2 is 2.15 bits per heavy atom. The average Bonchev–Trinajstić information content (AvgIpc) is 2.17. The minimum Gasteiger partial charge on any atom is -0.394 e. The molecule has 0 heterocycles. The molecule has 0 unspecified atom stereocenters. The third-order valence-electron chi connectivity index (χ3n) is 1.41. The number of carbonyl (C=O) groups excluding carboxylic acids is 1. The van der Waals surface area contributed by atoms with Gasteiger partial charge in [0.1, 0.15) is 24.9 Å². The van der Waals surface area contributed by atoms with Gasteiger partial charge in [-0.1, -0.05) is 5.92 Å². The topological polar surface area (TPSA) is 87.0 Å². The lowest BCUT2D eigenvalue weighted by atomic mass is 10.1. The zero-order valence-corrected chi connectivity index (χ0v) is 6.96. The van der Waals surface area contributed by atoms with E-state index < -0.39 is 24.9 Å². The van der Waals surface area contributed by atoms with Gasteiger partial charge in [-0.25, -0.2) is 0 Å². The maximum atomic E-state index is 10.3. The molecule has 0 aromatic carbocycles. The van der Waals surface area contributed by atoms with Gasteiger partial charge in [0.2, 0.25) is 0 Å². The largest absolute Gasteiger partial charge is 0.394 e. The summed E-state index contributed by atoms with van der Waals surface area (Å²) in [6, 6.07) is 0. The van der Waals surface area contributed by atoms with Crippen molar-refractivity contribution in [2.24, 2.45) is 0 Å². The Kier molecular flexibility index (Phi) is 6.10. The third-order valence-corrected chi connectivity index (χ3v) is 1.41. The number of aliphatic hydroxyl groups excluding tert-OH is 3. The molecule has 0 radical (unpaired) electrons. The molecular formula is C8H12O5. The highest BCUT2D eigenvalue weighted by molar-refractivity contribution is 5.57. The van der Waals surface area contributed by atoms with Crippen LogP contribution in [0.5, 0.6) is 0 Å². The molecule has 0 aliphatic heterocycles. The number of hydrogen-bond donors (Lipinski definition) is 3. The summed E-state index contributed by atoms with van der Waals surface area (Å²) in [5, 5.41) is 26.6. The molecule has 0 spiro atoms. The van der Waals surface area contributed by atoms with Gasteiger partial charge in [0.25, 0.3) is 0 Å². The highest BCUT2D eigenvalue weighted by Gasteiger charge is 2.25. The number of aldehydes is 1. The van der Waals surface area contributed by atoms with E-state index in [2.05, 4.69) is 5.92 Å². The molecular weight excluding hydrogens is 176 g/mol. The lowest BCUT2D eigenvalue weighted by Gasteiger charge is -2.20. The van der Waals surface area contributed by atoms with Crippen molar-refractivity contribution in [2.75, 3.05) is 13.2 Å². The van der Waals surface area contributed by atoms with Crippen molar-refractivity contribution < 1.29 is 24.9 Å². The monoisotopic (exact) mass is 188 g/mol. The van der Waals surface area contributed by atoms with Crippen LogP contribution in [0.3, 0.4) is 0 Å². The molecule has 0 saturated carbocycles. The summed E-state index contributed by atoms with van der Waals surface area (Å²) in [7, 11) is 0. The molecule has 0 bridgehead atoms. The van der Waals surface area contributed by atoms with Crippen molar-refractivity contribution in [2.45, 2.75) is 18.3 Å². The van der Waals surface area contributed by atoms with Crippen LogP contribution < -0.4 is 0 Å². The fourth-order valence-corrected chi connectivity index (χ4v) is 0.690. The van der Waals surface area contributed by atoms with E-state index >= 15 is 0 Å². The smallest absolute Gasteiger partial charge is 0.151 e. The first-order valence-electron chi connectivity index (χ1n) is 3.64. The molecule has 5 nitrogen and oxygen atoms in total. The first kappa shape index (κ1) is 12.1. The molecule has 0 saturated heterocycles. The number of aliphatic hydroxyl groups is 3. The van der Waals surface area contributed by atoms with Gasteiger partial charge in [0.05, 0.1) is 6.61 Å². The number of hydrogen-bond acceptors (Lipinski definition) is 5. The summed E-state index contributed by atoms with van der Waals surface area (Å²) < 4.78 is 4.70. The zero-order chi connectivity index (χ0) is 10.3. The predicted molar refractivity (Wildman–Crippen MR) is 43.7 cm³/mol. The highest BCUT2D eigenvalue weighted by Crippen LogP contribution is 2.01. The van der Waals surface area contributed by atoms with E-state index in [9.17, 15) is 4.79 Å². The van der Waals surface area contributed by atoms with Crippen LogP contribution in [0.15, 0.2) is 0 Å². The van der Waals surface area contributed by atoms with Crippen molar-refractivity contribution in [3.8, 4) is 12.3 Å². The maximum absolute atomic E-state index is 10.3. The van der Waals surface area contributed by atoms with E-state index in [0.29, 0.717) is 6.29 Å². The fourth-order valence-electron chi connectivity index (χ4n) is 0.690. The predicted octanol–water partition coefficient (Wildman–Crippen LogP) is -2.08. The second-order valence-electron chi connectivity index (χ2n) is 2.36. The van der Waals surface area contributed by atoms with Crippen molar-refractivity contribution >= 4 is 6.29 Å². The summed E-state index contributed by atoms with van der Waals surface area (Å²) in [5.41, 5.74) is 0. The van der Waals surface area contributed by atoms with E-state index in [4.69, 9.17) is 26.5 Å². The Balaban J connectivity index is 4.07. The normalized spacial score (nSPS) is 17.1. The standard InChI is InChI=1S/C8H12O5/c1-2-3-13-7(5-10)8(12)6(11)4-9/h1,5-9,11-12H,3-4H2/t6-,7+,8-/m1/s1. The molecule has 0 aromatic rings. The third kappa shape index (κ3) is 4.01. The lowest BCUT2D eigenvalue weighted by molar-refractivity contribution is -0.134. The van der Waals surface area contributed by atoms with Gasteiger partial charge in [0, 0.05) is 0 Å². The van der Waals surface area contributed by atoms with E-state index in [1.807, 2.05) is 0 Å². The highest BCUT2D eigenvalue weighted by atomic mass is 16.5. The summed E-state index contributed by atoms with van der Waals surface area (Å²) in [6.07, 6.45) is 1.09. The average molecular weight is 188 g/mol. The fraction of sp³-hybridized carbons (Fsp3) is 0.625. The Morgan fingerprint density at radius 1 is 1.54 bits per heavy atom. The van der Waals surface area contributed by atoms with E-state index in [1.165, 1.54) is 0 Å². The zero-order valence-electron chi connectivity index (χ0n) is 6.96. The molecule has 0 aliphatic rings. The van der Waals surface area contributed by atoms with Crippen molar-refractivity contribution in [3.63, 3.8) is 0 Å². The maximum Gasteiger partial charge on any atom is 0.151 e. The Morgan fingerprint density at radius 3 is 2.54 bits per heavy atom. The van der Waals surface area contributed by atoms with Crippen LogP contribution in [0.2, 0.25) is 0 Å². The van der Waals surface area contributed by atoms with E-state index in [0.717, 1.165) is 0 Å². The molecule has 0 aliphatic carbocycles. The van der Waals surface area contributed by atoms with Crippen LogP contribution in [0.25, 0.3) is 0 Å². The number of rotatable bonds is 6. The van der Waals surface area contributed by atoms with Gasteiger partial charge < -0.3 is 24.9 Å². The SMILES string of the molecule is C#CCO[C@@H](C=O)[C@H](O)[C@H](O)CO. The molecule has 74 valence electrons. The Hall–Kier alpha value is -0.930. The van der Waals surface area contributed by atoms with Crippen LogP contribution in [0.1, 0.15) is 0 Å². The first-order chi connectivity index (χ1) is 6.17. The van der Waals surface area contributed by atoms with Crippen molar-refractivity contribution in [1.29, 1.82) is 0 Å². The quantitative estimate of drug-likeness (QED) is 0.329. The van der Waals surface area contributed by atoms with Crippen LogP contribution in [-0.4, -0.2) is 53.1 Å². The van der Waals surface area contributed by atoms with Gasteiger partial charge >= 0.3 is 0 Å². The molecule has 0 amide bonds. The number of terminal acetylenes is 1. The number of ether oxygens (including phenoxy) is 1.